The molecule has 4 rings (SSSR count). The molecule has 130 valence electrons. The molecule has 0 aliphatic carbocycles. The lowest BCUT2D eigenvalue weighted by Gasteiger charge is -2.17. The third-order valence-corrected chi connectivity index (χ3v) is 5.78. The maximum atomic E-state index is 12.5. The second-order valence-corrected chi connectivity index (χ2v) is 7.72. The molecular weight excluding hydrogens is 362 g/mol. The van der Waals surface area contributed by atoms with Gasteiger partial charge in [-0.1, -0.05) is 60.3 Å². The third-order valence-electron chi connectivity index (χ3n) is 3.97. The van der Waals surface area contributed by atoms with E-state index in [1.54, 1.807) is 11.3 Å². The number of fused-ring (bicyclic) bond motifs is 1. The number of nitrogens with one attached hydrogen (secondary N) is 2. The molecule has 0 spiro atoms. The summed E-state index contributed by atoms with van der Waals surface area (Å²) in [5, 5.41) is 5.94. The molecule has 2 heterocycles. The number of H-pyrrole nitrogens is 1. The molecule has 1 atom stereocenters. The first-order valence-corrected chi connectivity index (χ1v) is 10.1. The van der Waals surface area contributed by atoms with Crippen LogP contribution in [0.25, 0.3) is 11.0 Å². The van der Waals surface area contributed by atoms with Crippen LogP contribution in [0.4, 0.5) is 0 Å². The average molecular weight is 380 g/mol. The van der Waals surface area contributed by atoms with E-state index in [2.05, 4.69) is 21.4 Å². The summed E-state index contributed by atoms with van der Waals surface area (Å²) in [7, 11) is 0. The normalized spacial score (nSPS) is 12.2. The zero-order valence-electron chi connectivity index (χ0n) is 13.9. The Morgan fingerprint density at radius 3 is 2.65 bits per heavy atom. The van der Waals surface area contributed by atoms with Crippen LogP contribution in [0.15, 0.2) is 77.3 Å². The number of benzene rings is 2. The Hall–Kier alpha value is -2.57. The van der Waals surface area contributed by atoms with Crippen LogP contribution >= 0.6 is 23.1 Å². The largest absolute Gasteiger partial charge is 0.344 e. The zero-order chi connectivity index (χ0) is 17.8. The van der Waals surface area contributed by atoms with Crippen LogP contribution in [0.5, 0.6) is 0 Å². The predicted octanol–water partition coefficient (Wildman–Crippen LogP) is 4.62. The van der Waals surface area contributed by atoms with Gasteiger partial charge in [-0.25, -0.2) is 4.98 Å². The standard InChI is InChI=1S/C20H17N3OS2/c24-18(13-26-20-21-15-9-4-5-10-16(15)22-20)23-19(17-11-6-12-25-17)14-7-2-1-3-8-14/h1-12,19H,13H2,(H,21,22)(H,23,24). The van der Waals surface area contributed by atoms with Gasteiger partial charge in [-0.05, 0) is 29.1 Å². The smallest absolute Gasteiger partial charge is 0.231 e. The Labute approximate surface area is 159 Å². The number of thiophene rings is 1. The number of amides is 1. The molecule has 2 N–H and O–H groups in total. The van der Waals surface area contributed by atoms with Crippen molar-refractivity contribution < 1.29 is 4.79 Å². The average Bonchev–Trinajstić information content (AvgIpc) is 3.34. The van der Waals surface area contributed by atoms with Gasteiger partial charge in [-0.2, -0.15) is 0 Å². The van der Waals surface area contributed by atoms with Gasteiger partial charge in [0.1, 0.15) is 0 Å². The molecule has 4 aromatic rings. The summed E-state index contributed by atoms with van der Waals surface area (Å²) in [6, 6.07) is 21.8. The van der Waals surface area contributed by atoms with Crippen LogP contribution in [-0.2, 0) is 4.79 Å². The monoisotopic (exact) mass is 379 g/mol. The van der Waals surface area contributed by atoms with Crippen molar-refractivity contribution in [2.45, 2.75) is 11.2 Å². The molecule has 1 amide bonds. The van der Waals surface area contributed by atoms with Crippen molar-refractivity contribution >= 4 is 40.0 Å². The Bertz CT molecular complexity index is 963. The SMILES string of the molecule is O=C(CSc1nc2ccccc2[nH]1)NC(c1ccccc1)c1cccs1. The minimum absolute atomic E-state index is 0.0160. The molecule has 1 unspecified atom stereocenters. The molecule has 0 radical (unpaired) electrons. The van der Waals surface area contributed by atoms with Crippen molar-refractivity contribution in [1.82, 2.24) is 15.3 Å². The summed E-state index contributed by atoms with van der Waals surface area (Å²) in [6.45, 7) is 0. The van der Waals surface area contributed by atoms with E-state index in [4.69, 9.17) is 0 Å². The number of hydrogen-bond donors (Lipinski definition) is 2. The number of aromatic nitrogens is 2. The molecule has 6 heteroatoms. The summed E-state index contributed by atoms with van der Waals surface area (Å²) >= 11 is 3.06. The number of hydrogen-bond acceptors (Lipinski definition) is 4. The fourth-order valence-electron chi connectivity index (χ4n) is 2.75. The van der Waals surface area contributed by atoms with Crippen LogP contribution in [0, 0.1) is 0 Å². The van der Waals surface area contributed by atoms with Crippen molar-refractivity contribution in [3.63, 3.8) is 0 Å². The molecule has 2 aromatic heterocycles. The molecule has 0 fully saturated rings. The molecule has 2 aromatic carbocycles. The number of thioether (sulfide) groups is 1. The van der Waals surface area contributed by atoms with Gasteiger partial charge >= 0.3 is 0 Å². The maximum Gasteiger partial charge on any atom is 0.231 e. The number of imidazole rings is 1. The molecule has 0 aliphatic rings. The van der Waals surface area contributed by atoms with Crippen molar-refractivity contribution in [1.29, 1.82) is 0 Å². The maximum absolute atomic E-state index is 12.5. The number of carbonyl (C=O) groups is 1. The van der Waals surface area contributed by atoms with Crippen molar-refractivity contribution in [2.24, 2.45) is 0 Å². The highest BCUT2D eigenvalue weighted by molar-refractivity contribution is 7.99. The van der Waals surface area contributed by atoms with Crippen molar-refractivity contribution in [3.05, 3.63) is 82.6 Å². The fraction of sp³-hybridized carbons (Fsp3) is 0.100. The number of carbonyl (C=O) groups excluding carboxylic acids is 1. The third kappa shape index (κ3) is 3.81. The highest BCUT2D eigenvalue weighted by Gasteiger charge is 2.18. The number of rotatable bonds is 6. The van der Waals surface area contributed by atoms with E-state index in [0.717, 1.165) is 26.6 Å². The Kier molecular flexibility index (Phi) is 5.04. The predicted molar refractivity (Wildman–Crippen MR) is 108 cm³/mol. The lowest BCUT2D eigenvalue weighted by atomic mass is 10.1. The van der Waals surface area contributed by atoms with Gasteiger partial charge in [0.15, 0.2) is 5.16 Å². The number of nitrogens with zero attached hydrogens (tertiary/aromatic N) is 1. The summed E-state index contributed by atoms with van der Waals surface area (Å²) in [5.41, 5.74) is 2.98. The summed E-state index contributed by atoms with van der Waals surface area (Å²) in [4.78, 5) is 21.4. The topological polar surface area (TPSA) is 57.8 Å². The lowest BCUT2D eigenvalue weighted by molar-refractivity contribution is -0.119. The summed E-state index contributed by atoms with van der Waals surface area (Å²) in [6.07, 6.45) is 0. The molecule has 4 nitrogen and oxygen atoms in total. The van der Waals surface area contributed by atoms with Gasteiger partial charge in [0.25, 0.3) is 0 Å². The number of aromatic amines is 1. The highest BCUT2D eigenvalue weighted by atomic mass is 32.2. The van der Waals surface area contributed by atoms with E-state index in [1.807, 2.05) is 66.0 Å². The number of para-hydroxylation sites is 2. The first-order chi connectivity index (χ1) is 12.8. The van der Waals surface area contributed by atoms with Crippen LogP contribution < -0.4 is 5.32 Å². The molecule has 26 heavy (non-hydrogen) atoms. The Morgan fingerprint density at radius 2 is 1.88 bits per heavy atom. The van der Waals surface area contributed by atoms with E-state index >= 15 is 0 Å². The second-order valence-electron chi connectivity index (χ2n) is 5.77. The van der Waals surface area contributed by atoms with E-state index in [0.29, 0.717) is 5.75 Å². The van der Waals surface area contributed by atoms with Crippen LogP contribution in [0.1, 0.15) is 16.5 Å². The lowest BCUT2D eigenvalue weighted by Crippen LogP contribution is -2.30. The van der Waals surface area contributed by atoms with Crippen molar-refractivity contribution in [2.75, 3.05) is 5.75 Å². The zero-order valence-corrected chi connectivity index (χ0v) is 15.5. The van der Waals surface area contributed by atoms with Crippen LogP contribution in [0.3, 0.4) is 0 Å². The van der Waals surface area contributed by atoms with E-state index < -0.39 is 0 Å². The van der Waals surface area contributed by atoms with Crippen molar-refractivity contribution in [3.8, 4) is 0 Å². The quantitative estimate of drug-likeness (QED) is 0.481. The first kappa shape index (κ1) is 16.9. The molecule has 0 bridgehead atoms. The molecule has 0 aliphatic heterocycles. The van der Waals surface area contributed by atoms with Gasteiger partial charge < -0.3 is 10.3 Å². The molecular formula is C20H17N3OS2. The van der Waals surface area contributed by atoms with Gasteiger partial charge in [0.05, 0.1) is 22.8 Å². The molecule has 0 saturated heterocycles. The Morgan fingerprint density at radius 1 is 1.08 bits per heavy atom. The minimum Gasteiger partial charge on any atom is -0.344 e. The first-order valence-electron chi connectivity index (χ1n) is 8.25. The fourth-order valence-corrected chi connectivity index (χ4v) is 4.25. The van der Waals surface area contributed by atoms with Gasteiger partial charge in [0.2, 0.25) is 5.91 Å². The van der Waals surface area contributed by atoms with E-state index in [9.17, 15) is 4.79 Å². The molecule has 0 saturated carbocycles. The van der Waals surface area contributed by atoms with E-state index in [-0.39, 0.29) is 11.9 Å². The van der Waals surface area contributed by atoms with Crippen LogP contribution in [-0.4, -0.2) is 21.6 Å². The Balaban J connectivity index is 1.45. The summed E-state index contributed by atoms with van der Waals surface area (Å²) in [5.74, 6) is 0.298. The van der Waals surface area contributed by atoms with Gasteiger partial charge in [-0.3, -0.25) is 4.79 Å². The van der Waals surface area contributed by atoms with E-state index in [1.165, 1.54) is 11.8 Å². The summed E-state index contributed by atoms with van der Waals surface area (Å²) < 4.78 is 0. The van der Waals surface area contributed by atoms with Crippen LogP contribution in [0.2, 0.25) is 0 Å². The minimum atomic E-state index is -0.125. The van der Waals surface area contributed by atoms with Gasteiger partial charge in [-0.15, -0.1) is 11.3 Å². The highest BCUT2D eigenvalue weighted by Crippen LogP contribution is 2.26. The van der Waals surface area contributed by atoms with Gasteiger partial charge in [0, 0.05) is 4.88 Å². The second kappa shape index (κ2) is 7.76.